The lowest BCUT2D eigenvalue weighted by Gasteiger charge is -2.10. The van der Waals surface area contributed by atoms with E-state index in [1.165, 1.54) is 4.57 Å². The molecule has 0 saturated carbocycles. The molecular formula is C12H18N2O3. The number of carbonyl (C=O) groups excluding carboxylic acids is 1. The van der Waals surface area contributed by atoms with Gasteiger partial charge in [0.1, 0.15) is 5.56 Å². The average Bonchev–Trinajstić information content (AvgIpc) is 2.26. The summed E-state index contributed by atoms with van der Waals surface area (Å²) in [4.78, 5) is 23.8. The van der Waals surface area contributed by atoms with Crippen molar-refractivity contribution in [3.63, 3.8) is 0 Å². The number of rotatable bonds is 4. The Balaban J connectivity index is 3.02. The molecule has 0 unspecified atom stereocenters. The summed E-state index contributed by atoms with van der Waals surface area (Å²) >= 11 is 0. The first kappa shape index (κ1) is 13.4. The minimum absolute atomic E-state index is 0.203. The summed E-state index contributed by atoms with van der Waals surface area (Å²) < 4.78 is 6.30. The summed E-state index contributed by atoms with van der Waals surface area (Å²) in [6.45, 7) is 4.42. The van der Waals surface area contributed by atoms with E-state index in [0.29, 0.717) is 18.7 Å². The van der Waals surface area contributed by atoms with Gasteiger partial charge in [-0.25, -0.2) is 0 Å². The first-order valence-corrected chi connectivity index (χ1v) is 5.43. The number of nitrogens with zero attached hydrogens (tertiary/aromatic N) is 1. The fraction of sp³-hybridized carbons (Fsp3) is 0.500. The molecule has 1 amide bonds. The van der Waals surface area contributed by atoms with Crippen molar-refractivity contribution in [1.29, 1.82) is 0 Å². The molecule has 0 aliphatic carbocycles. The molecule has 0 aliphatic heterocycles. The molecule has 0 radical (unpaired) electrons. The van der Waals surface area contributed by atoms with Crippen molar-refractivity contribution in [3.05, 3.63) is 33.2 Å². The van der Waals surface area contributed by atoms with Gasteiger partial charge in [0.25, 0.3) is 11.5 Å². The zero-order valence-corrected chi connectivity index (χ0v) is 10.7. The second-order valence-corrected chi connectivity index (χ2v) is 3.96. The molecule has 17 heavy (non-hydrogen) atoms. The lowest BCUT2D eigenvalue weighted by Crippen LogP contribution is -2.35. The van der Waals surface area contributed by atoms with Crippen molar-refractivity contribution in [1.82, 2.24) is 9.88 Å². The Labute approximate surface area is 100 Å². The molecule has 0 bridgehead atoms. The Morgan fingerprint density at radius 2 is 2.12 bits per heavy atom. The molecular weight excluding hydrogens is 220 g/mol. The molecule has 0 aromatic carbocycles. The number of hydrogen-bond donors (Lipinski definition) is 1. The van der Waals surface area contributed by atoms with Crippen LogP contribution in [-0.2, 0) is 11.8 Å². The molecule has 5 heteroatoms. The summed E-state index contributed by atoms with van der Waals surface area (Å²) in [6.07, 6.45) is 0. The molecule has 1 aromatic rings. The molecule has 0 fully saturated rings. The van der Waals surface area contributed by atoms with E-state index >= 15 is 0 Å². The molecule has 0 saturated heterocycles. The lowest BCUT2D eigenvalue weighted by molar-refractivity contribution is 0.0934. The minimum atomic E-state index is -0.347. The second-order valence-electron chi connectivity index (χ2n) is 3.96. The molecule has 0 atom stereocenters. The molecule has 0 aliphatic rings. The van der Waals surface area contributed by atoms with Gasteiger partial charge in [-0.2, -0.15) is 0 Å². The van der Waals surface area contributed by atoms with E-state index in [1.807, 2.05) is 13.0 Å². The summed E-state index contributed by atoms with van der Waals surface area (Å²) in [5, 5.41) is 2.65. The maximum absolute atomic E-state index is 12.0. The summed E-state index contributed by atoms with van der Waals surface area (Å²) in [5.41, 5.74) is 1.47. The lowest BCUT2D eigenvalue weighted by atomic mass is 10.1. The number of ether oxygens (including phenoxy) is 1. The second kappa shape index (κ2) is 5.63. The first-order chi connectivity index (χ1) is 7.99. The molecule has 94 valence electrons. The number of nitrogens with one attached hydrogen (secondary N) is 1. The highest BCUT2D eigenvalue weighted by Crippen LogP contribution is 2.05. The van der Waals surface area contributed by atoms with Crippen LogP contribution < -0.4 is 10.9 Å². The minimum Gasteiger partial charge on any atom is -0.383 e. The van der Waals surface area contributed by atoms with Crippen molar-refractivity contribution in [2.45, 2.75) is 13.8 Å². The third-order valence-electron chi connectivity index (χ3n) is 2.69. The van der Waals surface area contributed by atoms with Gasteiger partial charge in [0, 0.05) is 26.4 Å². The van der Waals surface area contributed by atoms with E-state index in [2.05, 4.69) is 5.32 Å². The Morgan fingerprint density at radius 1 is 1.47 bits per heavy atom. The molecule has 1 heterocycles. The Hall–Kier alpha value is -1.62. The van der Waals surface area contributed by atoms with Crippen molar-refractivity contribution in [2.75, 3.05) is 20.3 Å². The highest BCUT2D eigenvalue weighted by atomic mass is 16.5. The number of methoxy groups -OCH3 is 1. The van der Waals surface area contributed by atoms with Gasteiger partial charge in [-0.1, -0.05) is 0 Å². The van der Waals surface area contributed by atoms with Gasteiger partial charge in [-0.15, -0.1) is 0 Å². The van der Waals surface area contributed by atoms with E-state index in [-0.39, 0.29) is 17.0 Å². The van der Waals surface area contributed by atoms with Gasteiger partial charge in [0.05, 0.1) is 6.61 Å². The maximum Gasteiger partial charge on any atom is 0.263 e. The number of aromatic nitrogens is 1. The number of pyridine rings is 1. The Morgan fingerprint density at radius 3 is 2.71 bits per heavy atom. The van der Waals surface area contributed by atoms with Crippen molar-refractivity contribution in [2.24, 2.45) is 7.05 Å². The third kappa shape index (κ3) is 2.94. The summed E-state index contributed by atoms with van der Waals surface area (Å²) in [5.74, 6) is -0.347. The van der Waals surface area contributed by atoms with E-state index in [1.54, 1.807) is 21.1 Å². The average molecular weight is 238 g/mol. The van der Waals surface area contributed by atoms with E-state index in [0.717, 1.165) is 5.69 Å². The van der Waals surface area contributed by atoms with Crippen molar-refractivity contribution < 1.29 is 9.53 Å². The predicted molar refractivity (Wildman–Crippen MR) is 65.4 cm³/mol. The van der Waals surface area contributed by atoms with Crippen LogP contribution in [0.25, 0.3) is 0 Å². The van der Waals surface area contributed by atoms with E-state index in [4.69, 9.17) is 4.74 Å². The number of carbonyl (C=O) groups is 1. The van der Waals surface area contributed by atoms with Crippen LogP contribution in [-0.4, -0.2) is 30.7 Å². The predicted octanol–water partition coefficient (Wildman–Crippen LogP) is 0.378. The normalized spacial score (nSPS) is 10.4. The fourth-order valence-corrected chi connectivity index (χ4v) is 1.61. The standard InChI is InChI=1S/C12H18N2O3/c1-8-7-9(2)14(3)12(16)10(8)11(15)13-5-6-17-4/h7H,5-6H2,1-4H3,(H,13,15). The monoisotopic (exact) mass is 238 g/mol. The number of amides is 1. The highest BCUT2D eigenvalue weighted by molar-refractivity contribution is 5.95. The van der Waals surface area contributed by atoms with Gasteiger partial charge in [0.15, 0.2) is 0 Å². The zero-order valence-electron chi connectivity index (χ0n) is 10.7. The van der Waals surface area contributed by atoms with Crippen LogP contribution in [0.2, 0.25) is 0 Å². The number of hydrogen-bond acceptors (Lipinski definition) is 3. The van der Waals surface area contributed by atoms with Crippen LogP contribution in [0.15, 0.2) is 10.9 Å². The highest BCUT2D eigenvalue weighted by Gasteiger charge is 2.15. The van der Waals surface area contributed by atoms with Crippen LogP contribution in [0.1, 0.15) is 21.6 Å². The van der Waals surface area contributed by atoms with E-state index < -0.39 is 0 Å². The maximum atomic E-state index is 12.0. The van der Waals surface area contributed by atoms with Gasteiger partial charge in [-0.05, 0) is 25.5 Å². The summed E-state index contributed by atoms with van der Waals surface area (Å²) in [7, 11) is 3.21. The van der Waals surface area contributed by atoms with Gasteiger partial charge in [-0.3, -0.25) is 9.59 Å². The Bertz CT molecular complexity index is 477. The Kier molecular flexibility index (Phi) is 4.45. The van der Waals surface area contributed by atoms with Crippen LogP contribution >= 0.6 is 0 Å². The number of aryl methyl sites for hydroxylation is 2. The third-order valence-corrected chi connectivity index (χ3v) is 2.69. The molecule has 5 nitrogen and oxygen atoms in total. The van der Waals surface area contributed by atoms with Gasteiger partial charge >= 0.3 is 0 Å². The van der Waals surface area contributed by atoms with Gasteiger partial charge < -0.3 is 14.6 Å². The van der Waals surface area contributed by atoms with Gasteiger partial charge in [0.2, 0.25) is 0 Å². The fourth-order valence-electron chi connectivity index (χ4n) is 1.61. The van der Waals surface area contributed by atoms with Crippen molar-refractivity contribution in [3.8, 4) is 0 Å². The zero-order chi connectivity index (χ0) is 13.0. The van der Waals surface area contributed by atoms with Crippen LogP contribution in [0.4, 0.5) is 0 Å². The smallest absolute Gasteiger partial charge is 0.263 e. The van der Waals surface area contributed by atoms with Crippen molar-refractivity contribution >= 4 is 5.91 Å². The summed E-state index contributed by atoms with van der Waals surface area (Å²) in [6, 6.07) is 1.83. The molecule has 0 spiro atoms. The van der Waals surface area contributed by atoms with E-state index in [9.17, 15) is 9.59 Å². The largest absolute Gasteiger partial charge is 0.383 e. The topological polar surface area (TPSA) is 60.3 Å². The quantitative estimate of drug-likeness (QED) is 0.771. The molecule has 1 rings (SSSR count). The van der Waals surface area contributed by atoms with Crippen LogP contribution in [0, 0.1) is 13.8 Å². The first-order valence-electron chi connectivity index (χ1n) is 5.43. The molecule has 1 aromatic heterocycles. The SMILES string of the molecule is COCCNC(=O)c1c(C)cc(C)n(C)c1=O. The van der Waals surface area contributed by atoms with Crippen LogP contribution in [0.3, 0.4) is 0 Å². The van der Waals surface area contributed by atoms with Crippen LogP contribution in [0.5, 0.6) is 0 Å². The molecule has 1 N–H and O–H groups in total.